The molecule has 2 rings (SSSR count). The van der Waals surface area contributed by atoms with E-state index in [2.05, 4.69) is 5.16 Å². The lowest BCUT2D eigenvalue weighted by molar-refractivity contribution is 0.320. The topological polar surface area (TPSA) is 32.6 Å². The predicted octanol–water partition coefficient (Wildman–Crippen LogP) is 3.97. The molecule has 0 saturated carbocycles. The molecule has 90 valence electrons. The van der Waals surface area contributed by atoms with E-state index in [0.29, 0.717) is 5.71 Å². The molecular formula is C16H15NO. The molecule has 0 aliphatic rings. The minimum absolute atomic E-state index is 0.567. The Morgan fingerprint density at radius 2 is 1.39 bits per heavy atom. The molecule has 0 bridgehead atoms. The van der Waals surface area contributed by atoms with E-state index in [4.69, 9.17) is 5.21 Å². The maximum atomic E-state index is 9.12. The predicted molar refractivity (Wildman–Crippen MR) is 74.9 cm³/mol. The van der Waals surface area contributed by atoms with Crippen LogP contribution in [-0.4, -0.2) is 10.9 Å². The molecule has 0 heterocycles. The van der Waals surface area contributed by atoms with Crippen LogP contribution in [-0.2, 0) is 0 Å². The Labute approximate surface area is 107 Å². The summed E-state index contributed by atoms with van der Waals surface area (Å²) in [5, 5.41) is 12.5. The van der Waals surface area contributed by atoms with Crippen LogP contribution in [0.2, 0.25) is 0 Å². The largest absolute Gasteiger partial charge is 0.410 e. The monoisotopic (exact) mass is 237 g/mol. The lowest BCUT2D eigenvalue weighted by atomic mass is 10.0. The smallest absolute Gasteiger partial charge is 0.110 e. The summed E-state index contributed by atoms with van der Waals surface area (Å²) in [5.74, 6) is 0. The molecule has 0 radical (unpaired) electrons. The van der Waals surface area contributed by atoms with Gasteiger partial charge in [0.05, 0.1) is 0 Å². The van der Waals surface area contributed by atoms with Gasteiger partial charge < -0.3 is 5.21 Å². The highest BCUT2D eigenvalue weighted by atomic mass is 16.4. The van der Waals surface area contributed by atoms with Gasteiger partial charge >= 0.3 is 0 Å². The zero-order valence-electron chi connectivity index (χ0n) is 10.2. The van der Waals surface area contributed by atoms with Gasteiger partial charge in [0, 0.05) is 5.56 Å². The fourth-order valence-corrected chi connectivity index (χ4v) is 1.77. The summed E-state index contributed by atoms with van der Waals surface area (Å²) in [4.78, 5) is 0. The summed E-state index contributed by atoms with van der Waals surface area (Å²) >= 11 is 0. The molecule has 0 saturated heterocycles. The minimum atomic E-state index is 0.567. The maximum absolute atomic E-state index is 9.12. The number of oxime groups is 1. The number of benzene rings is 2. The summed E-state index contributed by atoms with van der Waals surface area (Å²) in [5.41, 5.74) is 3.65. The Hall–Kier alpha value is -2.35. The zero-order valence-corrected chi connectivity index (χ0v) is 10.2. The van der Waals surface area contributed by atoms with Gasteiger partial charge in [-0.2, -0.15) is 0 Å². The van der Waals surface area contributed by atoms with Gasteiger partial charge in [-0.15, -0.1) is 0 Å². The summed E-state index contributed by atoms with van der Waals surface area (Å²) in [7, 11) is 0. The van der Waals surface area contributed by atoms with Crippen LogP contribution in [0.5, 0.6) is 0 Å². The van der Waals surface area contributed by atoms with E-state index in [-0.39, 0.29) is 0 Å². The lowest BCUT2D eigenvalue weighted by Crippen LogP contribution is -1.97. The lowest BCUT2D eigenvalue weighted by Gasteiger charge is -2.03. The molecule has 2 aromatic rings. The van der Waals surface area contributed by atoms with Crippen molar-refractivity contribution >= 4 is 11.3 Å². The Balaban J connectivity index is 2.32. The van der Waals surface area contributed by atoms with Crippen LogP contribution >= 0.6 is 0 Å². The molecule has 2 heteroatoms. The highest BCUT2D eigenvalue weighted by Gasteiger charge is 2.02. The second-order valence-electron chi connectivity index (χ2n) is 4.04. The van der Waals surface area contributed by atoms with E-state index in [1.807, 2.05) is 73.7 Å². The summed E-state index contributed by atoms with van der Waals surface area (Å²) in [6, 6.07) is 19.7. The average Bonchev–Trinajstić information content (AvgIpc) is 2.46. The van der Waals surface area contributed by atoms with Gasteiger partial charge in [-0.05, 0) is 24.1 Å². The fraction of sp³-hybridized carbons (Fsp3) is 0.0625. The number of allylic oxidation sites excluding steroid dienone is 2. The fourth-order valence-electron chi connectivity index (χ4n) is 1.77. The number of nitrogens with zero attached hydrogens (tertiary/aromatic N) is 1. The van der Waals surface area contributed by atoms with Crippen LogP contribution in [0.4, 0.5) is 0 Å². The van der Waals surface area contributed by atoms with Crippen molar-refractivity contribution in [3.8, 4) is 0 Å². The van der Waals surface area contributed by atoms with Gasteiger partial charge in [0.25, 0.3) is 0 Å². The Morgan fingerprint density at radius 1 is 0.889 bits per heavy atom. The molecule has 0 unspecified atom stereocenters. The van der Waals surface area contributed by atoms with Gasteiger partial charge in [-0.1, -0.05) is 65.8 Å². The third-order valence-electron chi connectivity index (χ3n) is 2.76. The number of rotatable bonds is 3. The van der Waals surface area contributed by atoms with Crippen molar-refractivity contribution in [3.63, 3.8) is 0 Å². The van der Waals surface area contributed by atoms with Crippen LogP contribution in [0.25, 0.3) is 5.57 Å². The van der Waals surface area contributed by atoms with Crippen LogP contribution in [0.15, 0.2) is 71.9 Å². The molecular weight excluding hydrogens is 222 g/mol. The van der Waals surface area contributed by atoms with Crippen molar-refractivity contribution in [3.05, 3.63) is 77.9 Å². The molecule has 2 nitrogen and oxygen atoms in total. The first-order chi connectivity index (χ1) is 8.81. The maximum Gasteiger partial charge on any atom is 0.110 e. The molecule has 0 aliphatic heterocycles. The highest BCUT2D eigenvalue weighted by molar-refractivity contribution is 6.11. The van der Waals surface area contributed by atoms with Crippen LogP contribution in [0.1, 0.15) is 18.1 Å². The molecule has 1 N–H and O–H groups in total. The van der Waals surface area contributed by atoms with Crippen molar-refractivity contribution in [2.24, 2.45) is 5.16 Å². The van der Waals surface area contributed by atoms with E-state index in [1.165, 1.54) is 0 Å². The SMILES string of the molecule is C/C(=C/C(=N/O)c1ccccc1)c1ccccc1. The van der Waals surface area contributed by atoms with Crippen molar-refractivity contribution in [2.45, 2.75) is 6.92 Å². The normalized spacial score (nSPS) is 12.5. The second-order valence-corrected chi connectivity index (χ2v) is 4.04. The molecule has 0 amide bonds. The van der Waals surface area contributed by atoms with Crippen molar-refractivity contribution in [1.82, 2.24) is 0 Å². The van der Waals surface area contributed by atoms with Gasteiger partial charge in [-0.25, -0.2) is 0 Å². The molecule has 2 aromatic carbocycles. The van der Waals surface area contributed by atoms with E-state index in [1.54, 1.807) is 0 Å². The first-order valence-electron chi connectivity index (χ1n) is 5.82. The summed E-state index contributed by atoms with van der Waals surface area (Å²) in [6.45, 7) is 2.00. The van der Waals surface area contributed by atoms with E-state index in [9.17, 15) is 0 Å². The van der Waals surface area contributed by atoms with Crippen molar-refractivity contribution < 1.29 is 5.21 Å². The molecule has 0 aromatic heterocycles. The van der Waals surface area contributed by atoms with Crippen LogP contribution in [0, 0.1) is 0 Å². The third kappa shape index (κ3) is 2.86. The van der Waals surface area contributed by atoms with Gasteiger partial charge in [-0.3, -0.25) is 0 Å². The summed E-state index contributed by atoms with van der Waals surface area (Å²) < 4.78 is 0. The Morgan fingerprint density at radius 3 is 1.89 bits per heavy atom. The number of hydrogen-bond donors (Lipinski definition) is 1. The zero-order chi connectivity index (χ0) is 12.8. The third-order valence-corrected chi connectivity index (χ3v) is 2.76. The van der Waals surface area contributed by atoms with E-state index < -0.39 is 0 Å². The van der Waals surface area contributed by atoms with E-state index in [0.717, 1.165) is 16.7 Å². The highest BCUT2D eigenvalue weighted by Crippen LogP contribution is 2.14. The standard InChI is InChI=1S/C16H15NO/c1-13(14-8-4-2-5-9-14)12-16(17-18)15-10-6-3-7-11-15/h2-12,18H,1H3/b13-12-,17-16-. The van der Waals surface area contributed by atoms with Crippen LogP contribution < -0.4 is 0 Å². The average molecular weight is 237 g/mol. The van der Waals surface area contributed by atoms with Gasteiger partial charge in [0.15, 0.2) is 0 Å². The molecule has 0 aliphatic carbocycles. The first-order valence-corrected chi connectivity index (χ1v) is 5.82. The first kappa shape index (κ1) is 12.1. The van der Waals surface area contributed by atoms with Gasteiger partial charge in [0.1, 0.15) is 5.71 Å². The molecule has 0 atom stereocenters. The molecule has 0 fully saturated rings. The Bertz CT molecular complexity index is 556. The molecule has 0 spiro atoms. The minimum Gasteiger partial charge on any atom is -0.410 e. The van der Waals surface area contributed by atoms with Crippen LogP contribution in [0.3, 0.4) is 0 Å². The summed E-state index contributed by atoms with van der Waals surface area (Å²) in [6.07, 6.45) is 1.88. The van der Waals surface area contributed by atoms with Crippen molar-refractivity contribution in [1.29, 1.82) is 0 Å². The molecule has 18 heavy (non-hydrogen) atoms. The second kappa shape index (κ2) is 5.82. The Kier molecular flexibility index (Phi) is 3.92. The number of hydrogen-bond acceptors (Lipinski definition) is 2. The van der Waals surface area contributed by atoms with Crippen molar-refractivity contribution in [2.75, 3.05) is 0 Å². The quantitative estimate of drug-likeness (QED) is 0.489. The van der Waals surface area contributed by atoms with E-state index >= 15 is 0 Å². The van der Waals surface area contributed by atoms with Gasteiger partial charge in [0.2, 0.25) is 0 Å².